The average molecular weight is 468 g/mol. The van der Waals surface area contributed by atoms with E-state index in [0.717, 1.165) is 0 Å². The highest BCUT2D eigenvalue weighted by Crippen LogP contribution is 2.33. The highest BCUT2D eigenvalue weighted by Gasteiger charge is 2.38. The van der Waals surface area contributed by atoms with Gasteiger partial charge in [0.05, 0.1) is 25.6 Å². The minimum atomic E-state index is -0.635. The summed E-state index contributed by atoms with van der Waals surface area (Å²) in [4.78, 5) is 43.4. The molecule has 33 heavy (non-hydrogen) atoms. The summed E-state index contributed by atoms with van der Waals surface area (Å²) < 4.78 is 10.5. The second-order valence-corrected chi connectivity index (χ2v) is 8.33. The number of anilines is 1. The summed E-state index contributed by atoms with van der Waals surface area (Å²) >= 11 is 1.21. The first-order chi connectivity index (χ1) is 15.9. The first-order valence-electron chi connectivity index (χ1n) is 10.2. The molecule has 0 bridgehead atoms. The molecule has 1 aliphatic rings. The van der Waals surface area contributed by atoms with Crippen molar-refractivity contribution in [3.63, 3.8) is 0 Å². The molecule has 0 saturated carbocycles. The summed E-state index contributed by atoms with van der Waals surface area (Å²) in [6, 6.07) is 11.9. The maximum atomic E-state index is 13.0. The number of thioether (sulfide) groups is 1. The number of amides is 2. The van der Waals surface area contributed by atoms with Gasteiger partial charge in [-0.1, -0.05) is 30.0 Å². The van der Waals surface area contributed by atoms with Gasteiger partial charge in [0.25, 0.3) is 0 Å². The fourth-order valence-electron chi connectivity index (χ4n) is 3.20. The van der Waals surface area contributed by atoms with E-state index in [9.17, 15) is 14.4 Å². The minimum absolute atomic E-state index is 0.0428. The van der Waals surface area contributed by atoms with Crippen LogP contribution in [-0.2, 0) is 9.59 Å². The highest BCUT2D eigenvalue weighted by atomic mass is 32.2. The number of amidine groups is 1. The Morgan fingerprint density at radius 3 is 2.67 bits per heavy atom. The van der Waals surface area contributed by atoms with Gasteiger partial charge in [0.1, 0.15) is 16.7 Å². The number of ether oxygens (including phenoxy) is 2. The predicted molar refractivity (Wildman–Crippen MR) is 130 cm³/mol. The second-order valence-electron chi connectivity index (χ2n) is 7.16. The third-order valence-corrected chi connectivity index (χ3v) is 6.04. The van der Waals surface area contributed by atoms with Crippen LogP contribution in [0.15, 0.2) is 60.1 Å². The predicted octanol–water partition coefficient (Wildman–Crippen LogP) is 4.05. The van der Waals surface area contributed by atoms with Crippen LogP contribution in [0.25, 0.3) is 0 Å². The minimum Gasteiger partial charge on any atom is -0.497 e. The maximum absolute atomic E-state index is 13.0. The van der Waals surface area contributed by atoms with Crippen molar-refractivity contribution in [2.45, 2.75) is 18.6 Å². The van der Waals surface area contributed by atoms with Crippen LogP contribution in [0.4, 0.5) is 11.4 Å². The molecule has 172 valence electrons. The van der Waals surface area contributed by atoms with Crippen LogP contribution in [0, 0.1) is 0 Å². The molecule has 0 spiro atoms. The average Bonchev–Trinajstić information content (AvgIpc) is 3.08. The van der Waals surface area contributed by atoms with Gasteiger partial charge in [0, 0.05) is 24.6 Å². The number of aliphatic imine (C=N–C) groups is 1. The van der Waals surface area contributed by atoms with Gasteiger partial charge in [-0.25, -0.2) is 4.99 Å². The summed E-state index contributed by atoms with van der Waals surface area (Å²) in [5.41, 5.74) is 1.57. The lowest BCUT2D eigenvalue weighted by Crippen LogP contribution is -2.33. The van der Waals surface area contributed by atoms with Gasteiger partial charge >= 0.3 is 0 Å². The zero-order valence-electron chi connectivity index (χ0n) is 18.7. The van der Waals surface area contributed by atoms with Crippen LogP contribution < -0.4 is 14.8 Å². The first kappa shape index (κ1) is 24.1. The lowest BCUT2D eigenvalue weighted by Gasteiger charge is -2.14. The molecule has 2 aromatic rings. The molecular formula is C24H25N3O5S. The Kier molecular flexibility index (Phi) is 7.89. The van der Waals surface area contributed by atoms with Crippen LogP contribution in [0.5, 0.6) is 11.5 Å². The number of carbonyl (C=O) groups excluding carboxylic acids is 3. The van der Waals surface area contributed by atoms with Crippen LogP contribution in [0.2, 0.25) is 0 Å². The highest BCUT2D eigenvalue weighted by molar-refractivity contribution is 8.15. The van der Waals surface area contributed by atoms with Gasteiger partial charge in [-0.3, -0.25) is 19.3 Å². The van der Waals surface area contributed by atoms with Crippen molar-refractivity contribution in [2.24, 2.45) is 4.99 Å². The Labute approximate surface area is 196 Å². The quantitative estimate of drug-likeness (QED) is 0.441. The van der Waals surface area contributed by atoms with Crippen molar-refractivity contribution in [3.8, 4) is 11.5 Å². The maximum Gasteiger partial charge on any atom is 0.242 e. The Balaban J connectivity index is 1.77. The van der Waals surface area contributed by atoms with E-state index in [1.54, 1.807) is 55.7 Å². The molecule has 2 amide bonds. The van der Waals surface area contributed by atoms with Gasteiger partial charge in [-0.15, -0.1) is 6.58 Å². The normalized spacial score (nSPS) is 16.6. The summed E-state index contributed by atoms with van der Waals surface area (Å²) in [5.74, 6) is 0.426. The molecule has 1 saturated heterocycles. The van der Waals surface area contributed by atoms with E-state index < -0.39 is 5.25 Å². The molecule has 0 radical (unpaired) electrons. The van der Waals surface area contributed by atoms with Crippen molar-refractivity contribution in [2.75, 3.05) is 26.1 Å². The molecule has 1 aliphatic heterocycles. The summed E-state index contributed by atoms with van der Waals surface area (Å²) in [6.45, 7) is 5.45. The fourth-order valence-corrected chi connectivity index (χ4v) is 4.37. The molecule has 8 nitrogen and oxygen atoms in total. The molecule has 1 N–H and O–H groups in total. The molecule has 1 atom stereocenters. The van der Waals surface area contributed by atoms with E-state index in [1.165, 1.54) is 30.7 Å². The van der Waals surface area contributed by atoms with E-state index in [0.29, 0.717) is 33.6 Å². The van der Waals surface area contributed by atoms with Crippen molar-refractivity contribution < 1.29 is 23.9 Å². The number of rotatable bonds is 9. The zero-order valence-corrected chi connectivity index (χ0v) is 19.5. The lowest BCUT2D eigenvalue weighted by molar-refractivity contribution is -0.127. The molecule has 1 unspecified atom stereocenters. The van der Waals surface area contributed by atoms with Crippen molar-refractivity contribution in [1.82, 2.24) is 4.90 Å². The number of nitrogens with one attached hydrogen (secondary N) is 1. The van der Waals surface area contributed by atoms with Crippen LogP contribution >= 0.6 is 11.8 Å². The lowest BCUT2D eigenvalue weighted by atomic mass is 10.1. The monoisotopic (exact) mass is 467 g/mol. The number of hydrogen-bond donors (Lipinski definition) is 1. The summed E-state index contributed by atoms with van der Waals surface area (Å²) in [5, 5.41) is 2.61. The molecule has 2 aromatic carbocycles. The van der Waals surface area contributed by atoms with E-state index >= 15 is 0 Å². The number of benzene rings is 2. The van der Waals surface area contributed by atoms with Gasteiger partial charge in [-0.2, -0.15) is 0 Å². The SMILES string of the molecule is C=CCN1C(=O)C(CC(=O)Nc2ccc(OC)cc2OC)SC1=Nc1cccc(C(C)=O)c1. The second kappa shape index (κ2) is 10.8. The molecule has 3 rings (SSSR count). The van der Waals surface area contributed by atoms with Gasteiger partial charge in [0.15, 0.2) is 11.0 Å². The largest absolute Gasteiger partial charge is 0.497 e. The third-order valence-electron chi connectivity index (χ3n) is 4.86. The van der Waals surface area contributed by atoms with Gasteiger partial charge in [-0.05, 0) is 31.2 Å². The number of Topliss-reactive ketones (excluding diaryl/α,β-unsaturated/α-hetero) is 1. The standard InChI is InChI=1S/C24H25N3O5S/c1-5-11-27-23(30)21(33-24(27)25-17-8-6-7-16(12-17)15(2)28)14-22(29)26-19-10-9-18(31-3)13-20(19)32-4/h5-10,12-13,21H,1,11,14H2,2-4H3,(H,26,29). The Bertz CT molecular complexity index is 1120. The van der Waals surface area contributed by atoms with Gasteiger partial charge in [0.2, 0.25) is 11.8 Å². The number of hydrogen-bond acceptors (Lipinski definition) is 7. The van der Waals surface area contributed by atoms with E-state index in [4.69, 9.17) is 9.47 Å². The number of carbonyl (C=O) groups is 3. The smallest absolute Gasteiger partial charge is 0.242 e. The molecule has 1 heterocycles. The summed E-state index contributed by atoms with van der Waals surface area (Å²) in [6.07, 6.45) is 1.56. The topological polar surface area (TPSA) is 97.3 Å². The molecule has 0 aliphatic carbocycles. The van der Waals surface area contributed by atoms with Crippen LogP contribution in [-0.4, -0.2) is 53.7 Å². The van der Waals surface area contributed by atoms with E-state index in [2.05, 4.69) is 16.9 Å². The zero-order chi connectivity index (χ0) is 24.0. The molecule has 9 heteroatoms. The third kappa shape index (κ3) is 5.81. The van der Waals surface area contributed by atoms with E-state index in [1.807, 2.05) is 0 Å². The van der Waals surface area contributed by atoms with Crippen molar-refractivity contribution in [3.05, 3.63) is 60.7 Å². The van der Waals surface area contributed by atoms with Crippen LogP contribution in [0.1, 0.15) is 23.7 Å². The number of methoxy groups -OCH3 is 2. The van der Waals surface area contributed by atoms with Crippen LogP contribution in [0.3, 0.4) is 0 Å². The number of ketones is 1. The molecular weight excluding hydrogens is 442 g/mol. The fraction of sp³-hybridized carbons (Fsp3) is 0.250. The Morgan fingerprint density at radius 1 is 1.21 bits per heavy atom. The Hall–Kier alpha value is -3.59. The Morgan fingerprint density at radius 2 is 2.00 bits per heavy atom. The first-order valence-corrected chi connectivity index (χ1v) is 11.0. The van der Waals surface area contributed by atoms with Crippen molar-refractivity contribution in [1.29, 1.82) is 0 Å². The number of nitrogens with zero attached hydrogens (tertiary/aromatic N) is 2. The molecule has 0 aromatic heterocycles. The van der Waals surface area contributed by atoms with Crippen molar-refractivity contribution >= 4 is 45.9 Å². The summed E-state index contributed by atoms with van der Waals surface area (Å²) in [7, 11) is 3.04. The van der Waals surface area contributed by atoms with E-state index in [-0.39, 0.29) is 30.6 Å². The van der Waals surface area contributed by atoms with Gasteiger partial charge < -0.3 is 14.8 Å². The molecule has 1 fully saturated rings.